The van der Waals surface area contributed by atoms with E-state index in [1.165, 1.54) is 84.0 Å². The zero-order valence-electron chi connectivity index (χ0n) is 52.3. The quantitative estimate of drug-likeness (QED) is 0.0139. The van der Waals surface area contributed by atoms with E-state index in [0.29, 0.717) is 12.9 Å². The third kappa shape index (κ3) is 20.7. The van der Waals surface area contributed by atoms with Crippen LogP contribution in [0.2, 0.25) is 0 Å². The van der Waals surface area contributed by atoms with Crippen LogP contribution in [0, 0.1) is 34.5 Å². The van der Waals surface area contributed by atoms with Gasteiger partial charge in [0.2, 0.25) is 5.79 Å². The number of carbonyl (C=O) groups is 6. The topological polar surface area (TPSA) is 246 Å². The zero-order chi connectivity index (χ0) is 62.0. The number of unbranched alkanes of at least 4 members (excludes halogenated alkanes) is 7. The van der Waals surface area contributed by atoms with Crippen molar-refractivity contribution < 1.29 is 86.7 Å². The standard InChI is InChI=1S/C67H102O18/c1-10-12-14-16-21-26-60(72)83-63-51(37-61(73)77-9)36-54-40-57(44(3)79-59(71)25-22-18-15-17-20-24-48-34-50(48)35-49-33-47(49)23-19-13-11-2)82-62(74)39-52(70)38-55-41-58(80-45(4)69)65(7,8)66(75,84-55)42-56-32-46(28-30-78-43-68)31-53(81-56)27-29-64(5,6)67(63,76)85-54/h14,16,21,26-29,37,43-44,47-50,52-58,63,70,75-76H,10-13,15,17-20,22-25,30-36,38-42H2,1-9H3/t44-,47?,48?,49?,50?,52-,53+,54+,55?,56+,57-,58+,63+,66+,67-/m1/s1. The summed E-state index contributed by atoms with van der Waals surface area (Å²) in [7, 11) is 1.19. The first-order valence-electron chi connectivity index (χ1n) is 31.9. The van der Waals surface area contributed by atoms with Gasteiger partial charge in [-0.05, 0) is 93.6 Å². The number of aliphatic hydroxyl groups is 3. The number of esters is 5. The summed E-state index contributed by atoms with van der Waals surface area (Å²) in [4.78, 5) is 78.6. The number of allylic oxidation sites excluding steroid dienone is 3. The molecule has 0 aromatic heterocycles. The number of fused-ring (bicyclic) bond motifs is 6. The highest BCUT2D eigenvalue weighted by Gasteiger charge is 2.60. The number of carbonyl (C=O) groups excluding carboxylic acids is 6. The van der Waals surface area contributed by atoms with Gasteiger partial charge in [-0.2, -0.15) is 0 Å². The minimum Gasteiger partial charge on any atom is -0.466 e. The highest BCUT2D eigenvalue weighted by Crippen LogP contribution is 2.55. The van der Waals surface area contributed by atoms with Crippen LogP contribution in [0.5, 0.6) is 0 Å². The van der Waals surface area contributed by atoms with Crippen LogP contribution in [0.15, 0.2) is 59.8 Å². The van der Waals surface area contributed by atoms with Gasteiger partial charge < -0.3 is 58.0 Å². The second kappa shape index (κ2) is 32.5. The van der Waals surface area contributed by atoms with E-state index >= 15 is 0 Å². The molecule has 478 valence electrons. The maximum atomic E-state index is 14.2. The van der Waals surface area contributed by atoms with Crippen LogP contribution in [0.4, 0.5) is 0 Å². The Morgan fingerprint density at radius 2 is 1.49 bits per heavy atom. The molecule has 2 aliphatic carbocycles. The van der Waals surface area contributed by atoms with Gasteiger partial charge in [-0.3, -0.25) is 19.2 Å². The summed E-state index contributed by atoms with van der Waals surface area (Å²) >= 11 is 0. The predicted molar refractivity (Wildman–Crippen MR) is 316 cm³/mol. The second-order valence-corrected chi connectivity index (χ2v) is 26.2. The van der Waals surface area contributed by atoms with Gasteiger partial charge in [0.05, 0.1) is 49.5 Å². The molecule has 85 heavy (non-hydrogen) atoms. The lowest BCUT2D eigenvalue weighted by atomic mass is 9.70. The smallest absolute Gasteiger partial charge is 0.331 e. The van der Waals surface area contributed by atoms with Crippen LogP contribution in [-0.4, -0.2) is 132 Å². The van der Waals surface area contributed by atoms with Crippen molar-refractivity contribution in [1.82, 2.24) is 0 Å². The molecular weight excluding hydrogens is 1090 g/mol. The number of cyclic esters (lactones) is 1. The molecule has 0 aromatic rings. The molecule has 6 bridgehead atoms. The predicted octanol–water partition coefficient (Wildman–Crippen LogP) is 10.8. The molecule has 18 nitrogen and oxygen atoms in total. The summed E-state index contributed by atoms with van der Waals surface area (Å²) in [5, 5.41) is 37.7. The number of ether oxygens (including phenoxy) is 9. The van der Waals surface area contributed by atoms with Crippen LogP contribution >= 0.6 is 0 Å². The Kier molecular flexibility index (Phi) is 26.5. The monoisotopic (exact) mass is 1190 g/mol. The Hall–Kier alpha value is -4.72. The molecule has 4 aliphatic heterocycles. The second-order valence-electron chi connectivity index (χ2n) is 26.2. The SMILES string of the molecule is CCCC=CC=CC(=O)O[C@H]1C(=CC(=O)OC)C[C@H]2C[C@H]([C@@H](C)OC(=O)CCCCCCCC3CC3CC3CC3CCCCC)OC(=O)C[C@H](O)CC3C[C@H](OC(C)=O)C(C)(C)[C@](O)(C[C@@H]4CC(=CCOC=O)C[C@H](C=CC(C)(C)[C@]1(O)O2)O4)O3. The van der Waals surface area contributed by atoms with Gasteiger partial charge >= 0.3 is 29.8 Å². The number of rotatable bonds is 26. The van der Waals surface area contributed by atoms with E-state index in [1.807, 2.05) is 13.0 Å². The van der Waals surface area contributed by atoms with Gasteiger partial charge in [-0.25, -0.2) is 9.59 Å². The van der Waals surface area contributed by atoms with Gasteiger partial charge in [0.1, 0.15) is 24.9 Å². The van der Waals surface area contributed by atoms with Crippen LogP contribution in [0.3, 0.4) is 0 Å². The normalized spacial score (nSPS) is 34.2. The fourth-order valence-electron chi connectivity index (χ4n) is 13.1. The molecule has 6 rings (SSSR count). The van der Waals surface area contributed by atoms with Crippen molar-refractivity contribution in [2.45, 2.75) is 276 Å². The van der Waals surface area contributed by atoms with Gasteiger partial charge in [-0.1, -0.05) is 142 Å². The molecule has 6 aliphatic rings. The molecular formula is C67H102O18. The fourth-order valence-corrected chi connectivity index (χ4v) is 13.1. The molecule has 15 atom stereocenters. The maximum absolute atomic E-state index is 14.2. The Bertz CT molecular complexity index is 2370. The minimum absolute atomic E-state index is 0.0454. The molecule has 0 radical (unpaired) electrons. The highest BCUT2D eigenvalue weighted by molar-refractivity contribution is 5.84. The molecule has 0 amide bonds. The summed E-state index contributed by atoms with van der Waals surface area (Å²) in [6.07, 6.45) is 19.5. The molecule has 5 fully saturated rings. The van der Waals surface area contributed by atoms with Gasteiger partial charge in [0.25, 0.3) is 6.47 Å². The van der Waals surface area contributed by atoms with Crippen molar-refractivity contribution >= 4 is 36.3 Å². The molecule has 2 saturated carbocycles. The molecule has 5 unspecified atom stereocenters. The molecule has 4 heterocycles. The average molecular weight is 1200 g/mol. The number of aliphatic hydroxyl groups excluding tert-OH is 1. The lowest BCUT2D eigenvalue weighted by molar-refractivity contribution is -0.348. The van der Waals surface area contributed by atoms with E-state index in [1.54, 1.807) is 58.9 Å². The average Bonchev–Trinajstić information content (AvgIpc) is 1.91. The first-order valence-corrected chi connectivity index (χ1v) is 31.9. The minimum atomic E-state index is -2.49. The van der Waals surface area contributed by atoms with Crippen LogP contribution in [0.1, 0.15) is 209 Å². The molecule has 3 saturated heterocycles. The summed E-state index contributed by atoms with van der Waals surface area (Å²) in [6.45, 7) is 14.1. The zero-order valence-corrected chi connectivity index (χ0v) is 52.3. The van der Waals surface area contributed by atoms with E-state index in [0.717, 1.165) is 67.4 Å². The van der Waals surface area contributed by atoms with E-state index in [2.05, 4.69) is 6.92 Å². The van der Waals surface area contributed by atoms with E-state index in [4.69, 9.17) is 42.6 Å². The summed E-state index contributed by atoms with van der Waals surface area (Å²) in [5.74, 6) is -4.47. The summed E-state index contributed by atoms with van der Waals surface area (Å²) in [6, 6.07) is 0. The van der Waals surface area contributed by atoms with Crippen molar-refractivity contribution in [1.29, 1.82) is 0 Å². The lowest BCUT2D eigenvalue weighted by Crippen LogP contribution is -2.62. The van der Waals surface area contributed by atoms with Crippen LogP contribution in [0.25, 0.3) is 0 Å². The first-order chi connectivity index (χ1) is 40.4. The number of hydrogen-bond donors (Lipinski definition) is 3. The lowest BCUT2D eigenvalue weighted by Gasteiger charge is -2.53. The van der Waals surface area contributed by atoms with Gasteiger partial charge in [-0.15, -0.1) is 0 Å². The van der Waals surface area contributed by atoms with E-state index < -0.39 is 114 Å². The number of hydrogen-bond acceptors (Lipinski definition) is 18. The third-order valence-corrected chi connectivity index (χ3v) is 18.6. The molecule has 18 heteroatoms. The first kappa shape index (κ1) is 69.4. The Morgan fingerprint density at radius 1 is 0.788 bits per heavy atom. The molecule has 0 aromatic carbocycles. The Balaban J connectivity index is 1.26. The van der Waals surface area contributed by atoms with E-state index in [9.17, 15) is 44.1 Å². The summed E-state index contributed by atoms with van der Waals surface area (Å²) < 4.78 is 54.2. The summed E-state index contributed by atoms with van der Waals surface area (Å²) in [5.41, 5.74) is -1.86. The van der Waals surface area contributed by atoms with Crippen molar-refractivity contribution in [3.8, 4) is 0 Å². The largest absolute Gasteiger partial charge is 0.466 e. The Labute approximate surface area is 505 Å². The van der Waals surface area contributed by atoms with Crippen molar-refractivity contribution in [2.75, 3.05) is 13.7 Å². The Morgan fingerprint density at radius 3 is 2.18 bits per heavy atom. The van der Waals surface area contributed by atoms with Crippen molar-refractivity contribution in [3.05, 3.63) is 59.8 Å². The van der Waals surface area contributed by atoms with Gasteiger partial charge in [0.15, 0.2) is 11.9 Å². The van der Waals surface area contributed by atoms with Gasteiger partial charge in [0, 0.05) is 56.6 Å². The molecule has 0 spiro atoms. The fraction of sp³-hybridized carbons (Fsp3) is 0.761. The number of methoxy groups -OCH3 is 1. The van der Waals surface area contributed by atoms with E-state index in [-0.39, 0.29) is 63.5 Å². The molecule has 3 N–H and O–H groups in total. The maximum Gasteiger partial charge on any atom is 0.331 e. The van der Waals surface area contributed by atoms with Crippen LogP contribution in [-0.2, 0) is 71.4 Å². The third-order valence-electron chi connectivity index (χ3n) is 18.6. The van der Waals surface area contributed by atoms with Crippen molar-refractivity contribution in [2.24, 2.45) is 34.5 Å². The highest BCUT2D eigenvalue weighted by atomic mass is 16.7. The van der Waals surface area contributed by atoms with Crippen molar-refractivity contribution in [3.63, 3.8) is 0 Å². The van der Waals surface area contributed by atoms with Crippen LogP contribution < -0.4 is 0 Å².